The van der Waals surface area contributed by atoms with Gasteiger partial charge in [0.2, 0.25) is 0 Å². The van der Waals surface area contributed by atoms with Gasteiger partial charge in [0.25, 0.3) is 5.91 Å². The molecule has 0 saturated carbocycles. The number of halogens is 1. The molecule has 0 radical (unpaired) electrons. The summed E-state index contributed by atoms with van der Waals surface area (Å²) in [4.78, 5) is 23.5. The molecule has 1 aromatic carbocycles. The molecule has 22 heavy (non-hydrogen) atoms. The van der Waals surface area contributed by atoms with Gasteiger partial charge in [-0.05, 0) is 32.0 Å². The van der Waals surface area contributed by atoms with E-state index in [0.29, 0.717) is 0 Å². The van der Waals surface area contributed by atoms with Crippen molar-refractivity contribution in [1.29, 1.82) is 10.8 Å². The average Bonchev–Trinajstić information content (AvgIpc) is 2.36. The quantitative estimate of drug-likeness (QED) is 0.490. The summed E-state index contributed by atoms with van der Waals surface area (Å²) in [5, 5.41) is 26.1. The second-order valence-electron chi connectivity index (χ2n) is 4.60. The smallest absolute Gasteiger partial charge is 0.305 e. The van der Waals surface area contributed by atoms with Crippen molar-refractivity contribution in [2.24, 2.45) is 0 Å². The first kappa shape index (κ1) is 17.3. The largest absolute Gasteiger partial charge is 0.481 e. The van der Waals surface area contributed by atoms with Crippen LogP contribution >= 0.6 is 0 Å². The van der Waals surface area contributed by atoms with Gasteiger partial charge < -0.3 is 10.4 Å². The molecule has 0 aliphatic heterocycles. The Hall–Kier alpha value is -2.77. The van der Waals surface area contributed by atoms with E-state index in [4.69, 9.17) is 15.9 Å². The number of carboxylic acid groups (broad SMARTS) is 1. The molecular weight excluding hydrogens is 291 g/mol. The van der Waals surface area contributed by atoms with Crippen molar-refractivity contribution in [3.8, 4) is 0 Å². The zero-order valence-electron chi connectivity index (χ0n) is 12.2. The van der Waals surface area contributed by atoms with Crippen LogP contribution in [-0.2, 0) is 4.79 Å². The molecule has 1 aromatic rings. The number of nitrogens with zero attached hydrogens (tertiary/aromatic N) is 1. The van der Waals surface area contributed by atoms with Crippen LogP contribution in [0.1, 0.15) is 30.6 Å². The maximum atomic E-state index is 13.7. The van der Waals surface area contributed by atoms with Crippen molar-refractivity contribution >= 4 is 29.2 Å². The van der Waals surface area contributed by atoms with Crippen LogP contribution in [0.5, 0.6) is 0 Å². The van der Waals surface area contributed by atoms with Crippen molar-refractivity contribution in [2.75, 3.05) is 11.4 Å². The van der Waals surface area contributed by atoms with Crippen LogP contribution in [0.2, 0.25) is 0 Å². The van der Waals surface area contributed by atoms with Gasteiger partial charge in [0.1, 0.15) is 17.5 Å². The maximum Gasteiger partial charge on any atom is 0.305 e. The molecule has 4 N–H and O–H groups in total. The number of aliphatic carboxylic acids is 1. The van der Waals surface area contributed by atoms with Crippen LogP contribution in [0.25, 0.3) is 0 Å². The number of nitrogens with one attached hydrogen (secondary N) is 3. The lowest BCUT2D eigenvalue weighted by atomic mass is 10.1. The molecule has 0 atom stereocenters. The Morgan fingerprint density at radius 2 is 1.82 bits per heavy atom. The van der Waals surface area contributed by atoms with Crippen LogP contribution in [0, 0.1) is 16.6 Å². The van der Waals surface area contributed by atoms with Crippen LogP contribution < -0.4 is 10.2 Å². The Morgan fingerprint density at radius 3 is 2.32 bits per heavy atom. The highest BCUT2D eigenvalue weighted by Crippen LogP contribution is 2.19. The summed E-state index contributed by atoms with van der Waals surface area (Å²) < 4.78 is 13.7. The Kier molecular flexibility index (Phi) is 5.73. The minimum absolute atomic E-state index is 0.00658. The average molecular weight is 308 g/mol. The van der Waals surface area contributed by atoms with Gasteiger partial charge in [-0.3, -0.25) is 25.3 Å². The number of hydrogen-bond donors (Lipinski definition) is 4. The van der Waals surface area contributed by atoms with E-state index in [1.165, 1.54) is 24.8 Å². The summed E-state index contributed by atoms with van der Waals surface area (Å²) in [6.45, 7) is 2.81. The summed E-state index contributed by atoms with van der Waals surface area (Å²) in [5.41, 5.74) is 0.177. The SMILES string of the molecule is CC(=N)N(C(C)=N)c1cc(F)cc(C(=O)NCCC(=O)O)c1. The lowest BCUT2D eigenvalue weighted by Gasteiger charge is -2.22. The van der Waals surface area contributed by atoms with Crippen molar-refractivity contribution in [1.82, 2.24) is 5.32 Å². The van der Waals surface area contributed by atoms with E-state index in [9.17, 15) is 14.0 Å². The highest BCUT2D eigenvalue weighted by Gasteiger charge is 2.16. The number of hydrogen-bond acceptors (Lipinski definition) is 4. The van der Waals surface area contributed by atoms with E-state index in [1.807, 2.05) is 0 Å². The molecule has 0 fully saturated rings. The number of carboxylic acids is 1. The zero-order valence-corrected chi connectivity index (χ0v) is 12.2. The first-order valence-corrected chi connectivity index (χ1v) is 6.43. The van der Waals surface area contributed by atoms with Gasteiger partial charge >= 0.3 is 5.97 Å². The topological polar surface area (TPSA) is 117 Å². The predicted octanol–water partition coefficient (Wildman–Crippen LogP) is 1.83. The normalized spacial score (nSPS) is 9.95. The third kappa shape index (κ3) is 4.65. The zero-order chi connectivity index (χ0) is 16.9. The van der Waals surface area contributed by atoms with E-state index in [0.717, 1.165) is 12.1 Å². The van der Waals surface area contributed by atoms with Gasteiger partial charge in [0.15, 0.2) is 0 Å². The van der Waals surface area contributed by atoms with Gasteiger partial charge in [-0.15, -0.1) is 0 Å². The molecule has 0 aromatic heterocycles. The monoisotopic (exact) mass is 308 g/mol. The lowest BCUT2D eigenvalue weighted by Crippen LogP contribution is -2.33. The summed E-state index contributed by atoms with van der Waals surface area (Å²) in [7, 11) is 0. The third-order valence-corrected chi connectivity index (χ3v) is 2.70. The second-order valence-corrected chi connectivity index (χ2v) is 4.60. The number of amidine groups is 2. The molecule has 0 bridgehead atoms. The number of anilines is 1. The predicted molar refractivity (Wildman–Crippen MR) is 80.3 cm³/mol. The van der Waals surface area contributed by atoms with Gasteiger partial charge in [0.05, 0.1) is 12.1 Å². The van der Waals surface area contributed by atoms with Gasteiger partial charge in [-0.2, -0.15) is 0 Å². The first-order valence-electron chi connectivity index (χ1n) is 6.43. The molecule has 0 unspecified atom stereocenters. The molecule has 0 heterocycles. The fraction of sp³-hybridized carbons (Fsp3) is 0.286. The van der Waals surface area contributed by atoms with E-state index < -0.39 is 17.7 Å². The van der Waals surface area contributed by atoms with Crippen LogP contribution in [0.4, 0.5) is 10.1 Å². The number of benzene rings is 1. The Balaban J connectivity index is 3.03. The van der Waals surface area contributed by atoms with Crippen molar-refractivity contribution in [3.63, 3.8) is 0 Å². The van der Waals surface area contributed by atoms with Crippen molar-refractivity contribution < 1.29 is 19.1 Å². The fourth-order valence-corrected chi connectivity index (χ4v) is 1.86. The van der Waals surface area contributed by atoms with Gasteiger partial charge in [0, 0.05) is 12.1 Å². The second kappa shape index (κ2) is 7.30. The van der Waals surface area contributed by atoms with Crippen LogP contribution in [0.3, 0.4) is 0 Å². The number of carbonyl (C=O) groups excluding carboxylic acids is 1. The van der Waals surface area contributed by atoms with Gasteiger partial charge in [-0.25, -0.2) is 4.39 Å². The van der Waals surface area contributed by atoms with E-state index in [1.54, 1.807) is 0 Å². The number of amides is 1. The van der Waals surface area contributed by atoms with Gasteiger partial charge in [-0.1, -0.05) is 0 Å². The fourth-order valence-electron chi connectivity index (χ4n) is 1.86. The molecule has 1 amide bonds. The minimum Gasteiger partial charge on any atom is -0.481 e. The number of carbonyl (C=O) groups is 2. The van der Waals surface area contributed by atoms with Crippen LogP contribution in [-0.4, -0.2) is 35.2 Å². The van der Waals surface area contributed by atoms with E-state index in [-0.39, 0.29) is 35.9 Å². The Morgan fingerprint density at radius 1 is 1.23 bits per heavy atom. The third-order valence-electron chi connectivity index (χ3n) is 2.70. The highest BCUT2D eigenvalue weighted by atomic mass is 19.1. The van der Waals surface area contributed by atoms with E-state index >= 15 is 0 Å². The summed E-state index contributed by atoms with van der Waals surface area (Å²) >= 11 is 0. The van der Waals surface area contributed by atoms with Crippen LogP contribution in [0.15, 0.2) is 18.2 Å². The molecule has 7 nitrogen and oxygen atoms in total. The molecule has 1 rings (SSSR count). The molecule has 118 valence electrons. The maximum absolute atomic E-state index is 13.7. The van der Waals surface area contributed by atoms with Crippen molar-refractivity contribution in [2.45, 2.75) is 20.3 Å². The summed E-state index contributed by atoms with van der Waals surface area (Å²) in [6, 6.07) is 3.47. The minimum atomic E-state index is -1.05. The molecule has 0 aliphatic carbocycles. The summed E-state index contributed by atoms with van der Waals surface area (Å²) in [6.07, 6.45) is -0.237. The molecule has 0 saturated heterocycles. The molecule has 0 aliphatic rings. The Bertz CT molecular complexity index is 617. The van der Waals surface area contributed by atoms with Crippen molar-refractivity contribution in [3.05, 3.63) is 29.6 Å². The molecule has 8 heteroatoms. The van der Waals surface area contributed by atoms with E-state index in [2.05, 4.69) is 5.32 Å². The summed E-state index contributed by atoms with van der Waals surface area (Å²) in [5.74, 6) is -2.34. The Labute approximate surface area is 126 Å². The molecule has 0 spiro atoms. The number of rotatable bonds is 5. The standard InChI is InChI=1S/C14H17FN4O3/c1-8(16)19(9(2)17)12-6-10(5-11(15)7-12)14(22)18-4-3-13(20)21/h5-7,16-17H,3-4H2,1-2H3,(H,18,22)(H,20,21). The first-order chi connectivity index (χ1) is 10.2. The molecular formula is C14H17FN4O3. The lowest BCUT2D eigenvalue weighted by molar-refractivity contribution is -0.136. The highest BCUT2D eigenvalue weighted by molar-refractivity contribution is 6.15.